The average Bonchev–Trinajstić information content (AvgIpc) is 4.00. The smallest absolute Gasteiger partial charge is 0.0726 e. The summed E-state index contributed by atoms with van der Waals surface area (Å²) < 4.78 is 4.88. The van der Waals surface area contributed by atoms with Crippen LogP contribution in [0.3, 0.4) is 0 Å². The maximum Gasteiger partial charge on any atom is 0.0726 e. The fraction of sp³-hybridized carbons (Fsp3) is 0.0175. The minimum absolute atomic E-state index is 0.404. The highest BCUT2D eigenvalue weighted by molar-refractivity contribution is 6.18. The Morgan fingerprint density at radius 3 is 1.44 bits per heavy atom. The van der Waals surface area contributed by atoms with E-state index in [1.807, 2.05) is 0 Å². The van der Waals surface area contributed by atoms with Crippen LogP contribution in [0.5, 0.6) is 0 Å². The van der Waals surface area contributed by atoms with Crippen molar-refractivity contribution < 1.29 is 0 Å². The molecule has 0 aliphatic heterocycles. The monoisotopic (exact) mass is 746 g/mol. The first kappa shape index (κ1) is 31.4. The molecule has 0 bridgehead atoms. The van der Waals surface area contributed by atoms with Crippen LogP contribution < -0.4 is 0 Å². The van der Waals surface area contributed by atoms with Gasteiger partial charge in [0.1, 0.15) is 0 Å². The molecule has 2 aliphatic rings. The predicted molar refractivity (Wildman–Crippen MR) is 246 cm³/mol. The maximum atomic E-state index is 2.51. The van der Waals surface area contributed by atoms with Gasteiger partial charge >= 0.3 is 0 Å². The van der Waals surface area contributed by atoms with Crippen molar-refractivity contribution >= 4 is 65.2 Å². The number of aromatic nitrogens is 2. The van der Waals surface area contributed by atoms with Gasteiger partial charge in [-0.05, 0) is 127 Å². The SMILES string of the molecule is c1ccc(-n2c3ccccc3c3cc(-c4ccc5c(c4)c4ccccc4n5-c4ccc5c(c4)C4(c6ccccc6-5)c5cccc6ccc7cccc4c7c56)ccc32)cc1. The first-order valence-corrected chi connectivity index (χ1v) is 20.6. The van der Waals surface area contributed by atoms with E-state index in [2.05, 4.69) is 215 Å². The van der Waals surface area contributed by atoms with Crippen LogP contribution in [0, 0.1) is 0 Å². The van der Waals surface area contributed by atoms with Crippen LogP contribution in [0.2, 0.25) is 0 Å². The molecule has 10 aromatic carbocycles. The zero-order valence-corrected chi connectivity index (χ0v) is 32.0. The molecule has 0 unspecified atom stereocenters. The molecule has 272 valence electrons. The third-order valence-corrected chi connectivity index (χ3v) is 13.7. The van der Waals surface area contributed by atoms with Crippen LogP contribution in [0.1, 0.15) is 22.3 Å². The molecule has 0 fully saturated rings. The Morgan fingerprint density at radius 1 is 0.288 bits per heavy atom. The molecule has 0 atom stereocenters. The minimum atomic E-state index is -0.404. The van der Waals surface area contributed by atoms with E-state index < -0.39 is 5.41 Å². The van der Waals surface area contributed by atoms with Crippen molar-refractivity contribution in [2.45, 2.75) is 5.41 Å². The van der Waals surface area contributed by atoms with Crippen LogP contribution in [0.25, 0.3) is 98.8 Å². The van der Waals surface area contributed by atoms with Gasteiger partial charge in [-0.15, -0.1) is 0 Å². The molecule has 0 radical (unpaired) electrons. The molecule has 0 N–H and O–H groups in total. The number of nitrogens with zero attached hydrogens (tertiary/aromatic N) is 2. The van der Waals surface area contributed by atoms with E-state index in [0.717, 1.165) is 0 Å². The molecular weight excluding hydrogens is 713 g/mol. The van der Waals surface area contributed by atoms with Gasteiger partial charge in [-0.3, -0.25) is 0 Å². The number of hydrogen-bond acceptors (Lipinski definition) is 0. The molecule has 0 saturated heterocycles. The van der Waals surface area contributed by atoms with Gasteiger partial charge in [0.05, 0.1) is 27.5 Å². The lowest BCUT2D eigenvalue weighted by Crippen LogP contribution is -2.26. The fourth-order valence-corrected chi connectivity index (χ4v) is 11.4. The van der Waals surface area contributed by atoms with Crippen molar-refractivity contribution in [1.82, 2.24) is 9.13 Å². The predicted octanol–water partition coefficient (Wildman–Crippen LogP) is 14.5. The zero-order valence-electron chi connectivity index (χ0n) is 32.0. The first-order valence-electron chi connectivity index (χ1n) is 20.6. The average molecular weight is 747 g/mol. The minimum Gasteiger partial charge on any atom is -0.309 e. The summed E-state index contributed by atoms with van der Waals surface area (Å²) in [6.45, 7) is 0. The number of hydrogen-bond donors (Lipinski definition) is 0. The number of rotatable bonds is 3. The normalized spacial score (nSPS) is 13.6. The molecular formula is C57H34N2. The number of fused-ring (bicyclic) bond motifs is 13. The van der Waals surface area contributed by atoms with E-state index >= 15 is 0 Å². The Bertz CT molecular complexity index is 3720. The number of benzene rings is 10. The van der Waals surface area contributed by atoms with Gasteiger partial charge in [-0.2, -0.15) is 0 Å². The fourth-order valence-electron chi connectivity index (χ4n) is 11.4. The second-order valence-electron chi connectivity index (χ2n) is 16.4. The largest absolute Gasteiger partial charge is 0.309 e. The highest BCUT2D eigenvalue weighted by Gasteiger charge is 2.50. The highest BCUT2D eigenvalue weighted by atomic mass is 15.0. The van der Waals surface area contributed by atoms with Crippen LogP contribution in [0.4, 0.5) is 0 Å². The molecule has 0 saturated carbocycles. The summed E-state index contributed by atoms with van der Waals surface area (Å²) in [6, 6.07) is 77.2. The Morgan fingerprint density at radius 2 is 0.797 bits per heavy atom. The first-order chi connectivity index (χ1) is 29.3. The van der Waals surface area contributed by atoms with Crippen molar-refractivity contribution in [1.29, 1.82) is 0 Å². The summed E-state index contributed by atoms with van der Waals surface area (Å²) in [7, 11) is 0. The van der Waals surface area contributed by atoms with Gasteiger partial charge in [0.2, 0.25) is 0 Å². The molecule has 2 aromatic heterocycles. The summed E-state index contributed by atoms with van der Waals surface area (Å²) in [6.07, 6.45) is 0. The van der Waals surface area contributed by atoms with Gasteiger partial charge in [-0.1, -0.05) is 146 Å². The molecule has 2 heterocycles. The highest BCUT2D eigenvalue weighted by Crippen LogP contribution is 2.62. The lowest BCUT2D eigenvalue weighted by Gasteiger charge is -2.31. The molecule has 12 aromatic rings. The van der Waals surface area contributed by atoms with Crippen LogP contribution in [-0.2, 0) is 5.41 Å². The summed E-state index contributed by atoms with van der Waals surface area (Å²) in [5.74, 6) is 0. The third-order valence-electron chi connectivity index (χ3n) is 13.7. The topological polar surface area (TPSA) is 9.86 Å². The standard InChI is InChI=1S/C57H34N2/c1-2-14-39(15-3-1)58-51-22-8-5-17-43(51)45-32-37(26-30-53(45)58)38-27-31-54-46(33-38)44-18-6-9-23-52(44)59(54)40-28-29-42-41-16-4-7-19-47(41)57(50(42)34-40)48-20-10-12-35-24-25-36-13-11-21-49(57)56(36)55(35)48/h1-34H. The lowest BCUT2D eigenvalue weighted by molar-refractivity contribution is 0.796. The van der Waals surface area contributed by atoms with Crippen molar-refractivity contribution in [2.75, 3.05) is 0 Å². The molecule has 2 nitrogen and oxygen atoms in total. The van der Waals surface area contributed by atoms with Crippen molar-refractivity contribution in [2.24, 2.45) is 0 Å². The Hall–Kier alpha value is -7.68. The van der Waals surface area contributed by atoms with Crippen LogP contribution in [0.15, 0.2) is 206 Å². The van der Waals surface area contributed by atoms with Gasteiger partial charge in [0, 0.05) is 32.9 Å². The van der Waals surface area contributed by atoms with E-state index in [4.69, 9.17) is 0 Å². The van der Waals surface area contributed by atoms with Gasteiger partial charge in [0.25, 0.3) is 0 Å². The second-order valence-corrected chi connectivity index (χ2v) is 16.4. The molecule has 14 rings (SSSR count). The summed E-state index contributed by atoms with van der Waals surface area (Å²) >= 11 is 0. The van der Waals surface area contributed by atoms with Gasteiger partial charge < -0.3 is 9.13 Å². The Kier molecular flexibility index (Phi) is 5.99. The van der Waals surface area contributed by atoms with E-state index in [9.17, 15) is 0 Å². The zero-order chi connectivity index (χ0) is 38.4. The quantitative estimate of drug-likeness (QED) is 0.159. The molecule has 59 heavy (non-hydrogen) atoms. The molecule has 0 amide bonds. The summed E-state index contributed by atoms with van der Waals surface area (Å²) in [5.41, 5.74) is 17.4. The molecule has 2 heteroatoms. The Labute approximate surface area is 340 Å². The van der Waals surface area contributed by atoms with Crippen molar-refractivity contribution in [3.05, 3.63) is 229 Å². The van der Waals surface area contributed by atoms with E-state index in [-0.39, 0.29) is 0 Å². The maximum absolute atomic E-state index is 2.51. The Balaban J connectivity index is 0.984. The van der Waals surface area contributed by atoms with Crippen molar-refractivity contribution in [3.63, 3.8) is 0 Å². The summed E-state index contributed by atoms with van der Waals surface area (Å²) in [5, 5.41) is 10.4. The van der Waals surface area contributed by atoms with E-state index in [0.29, 0.717) is 0 Å². The van der Waals surface area contributed by atoms with E-state index in [1.54, 1.807) is 0 Å². The van der Waals surface area contributed by atoms with Crippen molar-refractivity contribution in [3.8, 4) is 33.6 Å². The summed E-state index contributed by atoms with van der Waals surface area (Å²) in [4.78, 5) is 0. The number of para-hydroxylation sites is 3. The van der Waals surface area contributed by atoms with Gasteiger partial charge in [0.15, 0.2) is 0 Å². The van der Waals surface area contributed by atoms with E-state index in [1.165, 1.54) is 121 Å². The molecule has 1 spiro atoms. The third kappa shape index (κ3) is 3.91. The second kappa shape index (κ2) is 11.2. The van der Waals surface area contributed by atoms with Gasteiger partial charge in [-0.25, -0.2) is 0 Å². The van der Waals surface area contributed by atoms with Crippen LogP contribution in [-0.4, -0.2) is 9.13 Å². The lowest BCUT2D eigenvalue weighted by atomic mass is 9.70. The molecule has 2 aliphatic carbocycles. The van der Waals surface area contributed by atoms with Crippen LogP contribution >= 0.6 is 0 Å².